The monoisotopic (exact) mass is 649 g/mol. The molecule has 1 aliphatic carbocycles. The van der Waals surface area contributed by atoms with Gasteiger partial charge in [0.05, 0.1) is 30.4 Å². The number of thiophene rings is 1. The van der Waals surface area contributed by atoms with Crippen molar-refractivity contribution in [1.82, 2.24) is 9.80 Å². The average molecular weight is 650 g/mol. The Hall–Kier alpha value is -2.18. The van der Waals surface area contributed by atoms with E-state index in [1.807, 2.05) is 13.8 Å². The highest BCUT2D eigenvalue weighted by atomic mass is 32.2. The maximum atomic E-state index is 14.3. The first-order valence-electron chi connectivity index (χ1n) is 16.2. The second-order valence-electron chi connectivity index (χ2n) is 12.8. The van der Waals surface area contributed by atoms with Gasteiger partial charge < -0.3 is 24.4 Å². The molecule has 2 heterocycles. The minimum Gasteiger partial charge on any atom is -0.490 e. The fourth-order valence-electron chi connectivity index (χ4n) is 6.26. The van der Waals surface area contributed by atoms with Crippen molar-refractivity contribution in [2.45, 2.75) is 94.6 Å². The number of nitrogens with zero attached hydrogens (tertiary/aromatic N) is 2. The standard InChI is InChI=1S/C33H51N3O6S2/c1-24-20-36(25(2)23-37)33(38)29-19-28(34-44(39,40)32-14-10-18-43-32)15-16-30(29)42-26(3)11-8-9-17-41-31(24)22-35(4)21-27-12-6-5-7-13-27/h10,14-16,18-19,24-27,31,34,37H,5-9,11-13,17,20-23H2,1-4H3/t24-,25+,26+,31+/m1/s1. The number of sulfonamides is 1. The number of nitrogens with one attached hydrogen (secondary N) is 1. The number of carbonyl (C=O) groups excluding carboxylic acids is 1. The lowest BCUT2D eigenvalue weighted by molar-refractivity contribution is -0.0190. The summed E-state index contributed by atoms with van der Waals surface area (Å²) in [5.74, 6) is 0.804. The first-order chi connectivity index (χ1) is 21.1. The number of amides is 1. The minimum atomic E-state index is -3.81. The van der Waals surface area contributed by atoms with Gasteiger partial charge in [-0.3, -0.25) is 9.52 Å². The third-order valence-electron chi connectivity index (χ3n) is 8.85. The Labute approximate surface area is 268 Å². The first-order valence-corrected chi connectivity index (χ1v) is 18.5. The lowest BCUT2D eigenvalue weighted by atomic mass is 9.89. The Kier molecular flexibility index (Phi) is 12.9. The van der Waals surface area contributed by atoms with E-state index in [1.165, 1.54) is 32.1 Å². The van der Waals surface area contributed by atoms with E-state index in [1.54, 1.807) is 40.6 Å². The summed E-state index contributed by atoms with van der Waals surface area (Å²) in [5, 5.41) is 11.9. The van der Waals surface area contributed by atoms with Crippen molar-refractivity contribution >= 4 is 33.0 Å². The molecule has 0 spiro atoms. The molecule has 1 aliphatic heterocycles. The molecule has 2 aromatic rings. The minimum absolute atomic E-state index is 0.00602. The molecule has 0 bridgehead atoms. The second kappa shape index (κ2) is 16.4. The summed E-state index contributed by atoms with van der Waals surface area (Å²) in [6, 6.07) is 7.60. The summed E-state index contributed by atoms with van der Waals surface area (Å²) in [6.45, 7) is 8.56. The van der Waals surface area contributed by atoms with Gasteiger partial charge in [0.2, 0.25) is 0 Å². The third-order valence-corrected chi connectivity index (χ3v) is 11.6. The van der Waals surface area contributed by atoms with E-state index in [0.717, 1.165) is 49.6 Å². The van der Waals surface area contributed by atoms with E-state index in [0.29, 0.717) is 18.9 Å². The van der Waals surface area contributed by atoms with Crippen molar-refractivity contribution < 1.29 is 27.8 Å². The zero-order valence-corrected chi connectivity index (χ0v) is 28.4. The van der Waals surface area contributed by atoms with E-state index in [9.17, 15) is 18.3 Å². The highest BCUT2D eigenvalue weighted by Crippen LogP contribution is 2.30. The molecule has 4 rings (SSSR count). The van der Waals surface area contributed by atoms with Crippen LogP contribution in [-0.2, 0) is 14.8 Å². The Morgan fingerprint density at radius 1 is 1.09 bits per heavy atom. The number of anilines is 1. The van der Waals surface area contributed by atoms with Gasteiger partial charge in [-0.15, -0.1) is 11.3 Å². The van der Waals surface area contributed by atoms with Crippen molar-refractivity contribution in [3.05, 3.63) is 41.3 Å². The predicted octanol–water partition coefficient (Wildman–Crippen LogP) is 5.86. The SMILES string of the molecule is C[C@@H]1CN([C@@H](C)CO)C(=O)c2cc(NS(=O)(=O)c3cccs3)ccc2O[C@@H](C)CCCCO[C@H]1CN(C)CC1CCCCC1. The van der Waals surface area contributed by atoms with Crippen LogP contribution in [0.25, 0.3) is 0 Å². The summed E-state index contributed by atoms with van der Waals surface area (Å²) in [5.41, 5.74) is 0.540. The molecule has 1 amide bonds. The molecule has 9 nitrogen and oxygen atoms in total. The first kappa shape index (κ1) is 34.7. The van der Waals surface area contributed by atoms with Gasteiger partial charge in [-0.25, -0.2) is 8.42 Å². The van der Waals surface area contributed by atoms with E-state index < -0.39 is 16.1 Å². The molecule has 0 unspecified atom stereocenters. The normalized spacial score (nSPS) is 23.9. The zero-order chi connectivity index (χ0) is 31.7. The van der Waals surface area contributed by atoms with Crippen molar-refractivity contribution in [3.8, 4) is 5.75 Å². The molecular weight excluding hydrogens is 599 g/mol. The fourth-order valence-corrected chi connectivity index (χ4v) is 8.31. The van der Waals surface area contributed by atoms with Crippen molar-refractivity contribution in [3.63, 3.8) is 0 Å². The fraction of sp³-hybridized carbons (Fsp3) is 0.667. The van der Waals surface area contributed by atoms with E-state index >= 15 is 0 Å². The van der Waals surface area contributed by atoms with Crippen LogP contribution in [0.3, 0.4) is 0 Å². The number of hydrogen-bond acceptors (Lipinski definition) is 8. The van der Waals surface area contributed by atoms with Crippen LogP contribution in [-0.4, -0.2) is 87.4 Å². The molecule has 1 fully saturated rings. The molecule has 1 saturated carbocycles. The van der Waals surface area contributed by atoms with Crippen LogP contribution >= 0.6 is 11.3 Å². The van der Waals surface area contributed by atoms with E-state index in [4.69, 9.17) is 9.47 Å². The molecule has 0 radical (unpaired) electrons. The number of benzene rings is 1. The third kappa shape index (κ3) is 9.66. The van der Waals surface area contributed by atoms with Gasteiger partial charge in [-0.2, -0.15) is 0 Å². The van der Waals surface area contributed by atoms with Gasteiger partial charge in [0.1, 0.15) is 9.96 Å². The van der Waals surface area contributed by atoms with Gasteiger partial charge in [0.15, 0.2) is 0 Å². The lowest BCUT2D eigenvalue weighted by Gasteiger charge is -2.36. The van der Waals surface area contributed by atoms with Crippen LogP contribution in [0.5, 0.6) is 5.75 Å². The summed E-state index contributed by atoms with van der Waals surface area (Å²) >= 11 is 1.13. The number of ether oxygens (including phenoxy) is 2. The van der Waals surface area contributed by atoms with Crippen LogP contribution < -0.4 is 9.46 Å². The van der Waals surface area contributed by atoms with E-state index in [2.05, 4.69) is 23.6 Å². The smallest absolute Gasteiger partial charge is 0.271 e. The molecule has 2 aliphatic rings. The largest absolute Gasteiger partial charge is 0.490 e. The van der Waals surface area contributed by atoms with Crippen LogP contribution in [0, 0.1) is 11.8 Å². The quantitative estimate of drug-likeness (QED) is 0.351. The van der Waals surface area contributed by atoms with Gasteiger partial charge in [-0.1, -0.05) is 32.3 Å². The summed E-state index contributed by atoms with van der Waals surface area (Å²) in [6.07, 6.45) is 8.93. The van der Waals surface area contributed by atoms with E-state index in [-0.39, 0.29) is 46.1 Å². The van der Waals surface area contributed by atoms with Crippen LogP contribution in [0.1, 0.15) is 82.5 Å². The van der Waals surface area contributed by atoms with Crippen molar-refractivity contribution in [2.24, 2.45) is 11.8 Å². The number of aliphatic hydroxyl groups is 1. The average Bonchev–Trinajstić information content (AvgIpc) is 3.55. The summed E-state index contributed by atoms with van der Waals surface area (Å²) in [7, 11) is -1.64. The van der Waals surface area contributed by atoms with Gasteiger partial charge in [0.25, 0.3) is 15.9 Å². The molecule has 0 saturated heterocycles. The van der Waals surface area contributed by atoms with Crippen molar-refractivity contribution in [2.75, 3.05) is 44.6 Å². The second-order valence-corrected chi connectivity index (χ2v) is 15.6. The number of rotatable bonds is 9. The Balaban J connectivity index is 1.61. The lowest BCUT2D eigenvalue weighted by Crippen LogP contribution is -2.47. The number of fused-ring (bicyclic) bond motifs is 1. The Morgan fingerprint density at radius 2 is 1.84 bits per heavy atom. The highest BCUT2D eigenvalue weighted by Gasteiger charge is 2.31. The molecule has 1 aromatic carbocycles. The number of likely N-dealkylation sites (N-methyl/N-ethyl adjacent to an activating group) is 1. The summed E-state index contributed by atoms with van der Waals surface area (Å²) in [4.78, 5) is 18.4. The van der Waals surface area contributed by atoms with Gasteiger partial charge >= 0.3 is 0 Å². The molecule has 44 heavy (non-hydrogen) atoms. The number of hydrogen-bond donors (Lipinski definition) is 2. The molecule has 11 heteroatoms. The molecular formula is C33H51N3O6S2. The van der Waals surface area contributed by atoms with Gasteiger partial charge in [-0.05, 0) is 88.6 Å². The molecule has 1 aromatic heterocycles. The van der Waals surface area contributed by atoms with Crippen molar-refractivity contribution in [1.29, 1.82) is 0 Å². The molecule has 2 N–H and O–H groups in total. The zero-order valence-electron chi connectivity index (χ0n) is 26.7. The van der Waals surface area contributed by atoms with Gasteiger partial charge in [0, 0.05) is 37.8 Å². The highest BCUT2D eigenvalue weighted by molar-refractivity contribution is 7.94. The molecule has 4 atom stereocenters. The maximum Gasteiger partial charge on any atom is 0.271 e. The number of aliphatic hydroxyl groups excluding tert-OH is 1. The summed E-state index contributed by atoms with van der Waals surface area (Å²) < 4.78 is 41.5. The maximum absolute atomic E-state index is 14.3. The topological polar surface area (TPSA) is 108 Å². The number of carbonyl (C=O) groups is 1. The Bertz CT molecular complexity index is 1280. The van der Waals surface area contributed by atoms with Crippen LogP contribution in [0.15, 0.2) is 39.9 Å². The van der Waals surface area contributed by atoms with Crippen LogP contribution in [0.2, 0.25) is 0 Å². The van der Waals surface area contributed by atoms with Crippen LogP contribution in [0.4, 0.5) is 5.69 Å². The molecule has 246 valence electrons. The Morgan fingerprint density at radius 3 is 2.55 bits per heavy atom. The predicted molar refractivity (Wildman–Crippen MR) is 176 cm³/mol.